The zero-order valence-corrected chi connectivity index (χ0v) is 14.5. The van der Waals surface area contributed by atoms with Crippen molar-refractivity contribution in [1.29, 1.82) is 0 Å². The van der Waals surface area contributed by atoms with Gasteiger partial charge < -0.3 is 0 Å². The molecule has 0 aromatic carbocycles. The van der Waals surface area contributed by atoms with Gasteiger partial charge in [-0.15, -0.1) is 0 Å². The van der Waals surface area contributed by atoms with Gasteiger partial charge in [0.25, 0.3) is 0 Å². The first-order chi connectivity index (χ1) is 11.1. The SMILES string of the molecule is CC1CCC(c2cnc3c(c2)c(-c2cnn(C)c2)cn3S)CC1. The van der Waals surface area contributed by atoms with Crippen molar-refractivity contribution < 1.29 is 0 Å². The maximum atomic E-state index is 4.69. The van der Waals surface area contributed by atoms with Crippen molar-refractivity contribution in [3.63, 3.8) is 0 Å². The standard InChI is InChI=1S/C18H22N4S/c1-12-3-5-13(6-4-12)14-7-16-17(15-9-20-21(2)10-15)11-22(23)18(16)19-8-14/h7-13,23H,3-6H2,1-2H3. The second-order valence-corrected chi connectivity index (χ2v) is 7.32. The van der Waals surface area contributed by atoms with Crippen molar-refractivity contribution in [2.75, 3.05) is 0 Å². The topological polar surface area (TPSA) is 35.6 Å². The van der Waals surface area contributed by atoms with Gasteiger partial charge in [0.15, 0.2) is 0 Å². The van der Waals surface area contributed by atoms with Gasteiger partial charge in [0, 0.05) is 42.2 Å². The second kappa shape index (κ2) is 5.71. The highest BCUT2D eigenvalue weighted by Crippen LogP contribution is 2.38. The highest BCUT2D eigenvalue weighted by Gasteiger charge is 2.21. The van der Waals surface area contributed by atoms with Gasteiger partial charge >= 0.3 is 0 Å². The number of hydrogen-bond donors (Lipinski definition) is 1. The number of thiol groups is 1. The molecule has 0 atom stereocenters. The molecule has 120 valence electrons. The Kier molecular flexibility index (Phi) is 3.68. The minimum absolute atomic E-state index is 0.646. The molecular formula is C18H22N4S. The van der Waals surface area contributed by atoms with Crippen LogP contribution in [0.1, 0.15) is 44.1 Å². The van der Waals surface area contributed by atoms with Crippen molar-refractivity contribution in [3.8, 4) is 11.1 Å². The van der Waals surface area contributed by atoms with Crippen LogP contribution in [0.15, 0.2) is 30.9 Å². The highest BCUT2D eigenvalue weighted by molar-refractivity contribution is 7.78. The predicted octanol–water partition coefficient (Wildman–Crippen LogP) is 4.42. The molecule has 3 aromatic rings. The molecule has 1 saturated carbocycles. The van der Waals surface area contributed by atoms with Gasteiger partial charge in [0.05, 0.1) is 6.20 Å². The van der Waals surface area contributed by atoms with E-state index in [1.807, 2.05) is 40.5 Å². The fourth-order valence-corrected chi connectivity index (χ4v) is 3.99. The number of aromatic nitrogens is 4. The Morgan fingerprint density at radius 2 is 1.91 bits per heavy atom. The van der Waals surface area contributed by atoms with E-state index in [2.05, 4.69) is 35.9 Å². The lowest BCUT2D eigenvalue weighted by atomic mass is 9.80. The van der Waals surface area contributed by atoms with E-state index in [4.69, 9.17) is 0 Å². The molecule has 0 amide bonds. The predicted molar refractivity (Wildman–Crippen MR) is 96.7 cm³/mol. The van der Waals surface area contributed by atoms with Crippen LogP contribution in [0.5, 0.6) is 0 Å². The third-order valence-corrected chi connectivity index (χ3v) is 5.45. The summed E-state index contributed by atoms with van der Waals surface area (Å²) in [5, 5.41) is 5.46. The maximum Gasteiger partial charge on any atom is 0.150 e. The summed E-state index contributed by atoms with van der Waals surface area (Å²) in [5.74, 6) is 1.51. The van der Waals surface area contributed by atoms with Crippen molar-refractivity contribution in [3.05, 3.63) is 36.4 Å². The van der Waals surface area contributed by atoms with Crippen LogP contribution in [-0.4, -0.2) is 18.7 Å². The molecule has 3 heterocycles. The summed E-state index contributed by atoms with van der Waals surface area (Å²) in [6, 6.07) is 2.32. The lowest BCUT2D eigenvalue weighted by Crippen LogP contribution is -2.11. The summed E-state index contributed by atoms with van der Waals surface area (Å²) in [7, 11) is 1.94. The van der Waals surface area contributed by atoms with Crippen LogP contribution < -0.4 is 0 Å². The monoisotopic (exact) mass is 326 g/mol. The number of rotatable bonds is 2. The molecule has 0 spiro atoms. The summed E-state index contributed by atoms with van der Waals surface area (Å²) < 4.78 is 3.64. The Labute approximate surface area is 142 Å². The third-order valence-electron chi connectivity index (χ3n) is 5.15. The van der Waals surface area contributed by atoms with Crippen molar-refractivity contribution in [2.24, 2.45) is 13.0 Å². The molecule has 0 aliphatic heterocycles. The van der Waals surface area contributed by atoms with E-state index < -0.39 is 0 Å². The van der Waals surface area contributed by atoms with Gasteiger partial charge in [-0.05, 0) is 36.3 Å². The van der Waals surface area contributed by atoms with Gasteiger partial charge in [-0.1, -0.05) is 32.6 Å². The normalized spacial score (nSPS) is 21.9. The van der Waals surface area contributed by atoms with Gasteiger partial charge in [0.2, 0.25) is 0 Å². The lowest BCUT2D eigenvalue weighted by molar-refractivity contribution is 0.348. The molecule has 23 heavy (non-hydrogen) atoms. The quantitative estimate of drug-likeness (QED) is 0.707. The number of pyridine rings is 1. The first-order valence-electron chi connectivity index (χ1n) is 8.31. The summed E-state index contributed by atoms with van der Waals surface area (Å²) in [6.07, 6.45) is 13.2. The van der Waals surface area contributed by atoms with Crippen LogP contribution in [-0.2, 0) is 7.05 Å². The first-order valence-corrected chi connectivity index (χ1v) is 8.71. The highest BCUT2D eigenvalue weighted by atomic mass is 32.1. The maximum absolute atomic E-state index is 4.69. The van der Waals surface area contributed by atoms with Crippen LogP contribution in [0.4, 0.5) is 0 Å². The first kappa shape index (κ1) is 14.8. The Balaban J connectivity index is 1.78. The van der Waals surface area contributed by atoms with Crippen molar-refractivity contribution >= 4 is 23.8 Å². The molecule has 4 nitrogen and oxygen atoms in total. The molecule has 0 N–H and O–H groups in total. The smallest absolute Gasteiger partial charge is 0.150 e. The number of fused-ring (bicyclic) bond motifs is 1. The Hall–Kier alpha value is -1.75. The number of nitrogens with zero attached hydrogens (tertiary/aromatic N) is 4. The molecule has 1 aliphatic carbocycles. The van der Waals surface area contributed by atoms with Crippen LogP contribution in [0.25, 0.3) is 22.2 Å². The van der Waals surface area contributed by atoms with Crippen LogP contribution in [0.2, 0.25) is 0 Å². The van der Waals surface area contributed by atoms with Gasteiger partial charge in [-0.2, -0.15) is 5.10 Å². The average Bonchev–Trinajstić information content (AvgIpc) is 3.12. The zero-order chi connectivity index (χ0) is 16.0. The fraction of sp³-hybridized carbons (Fsp3) is 0.444. The molecule has 4 rings (SSSR count). The molecule has 1 aliphatic rings. The van der Waals surface area contributed by atoms with E-state index in [-0.39, 0.29) is 0 Å². The van der Waals surface area contributed by atoms with E-state index in [0.717, 1.165) is 22.7 Å². The van der Waals surface area contributed by atoms with Crippen LogP contribution in [0.3, 0.4) is 0 Å². The molecule has 0 unspecified atom stereocenters. The zero-order valence-electron chi connectivity index (χ0n) is 13.6. The second-order valence-electron chi connectivity index (χ2n) is 6.89. The molecule has 0 bridgehead atoms. The number of hydrogen-bond acceptors (Lipinski definition) is 3. The summed E-state index contributed by atoms with van der Waals surface area (Å²) >= 11 is 4.53. The van der Waals surface area contributed by atoms with Crippen molar-refractivity contribution in [1.82, 2.24) is 18.7 Å². The Bertz CT molecular complexity index is 840. The van der Waals surface area contributed by atoms with E-state index in [9.17, 15) is 0 Å². The Morgan fingerprint density at radius 1 is 1.13 bits per heavy atom. The molecule has 0 saturated heterocycles. The fourth-order valence-electron chi connectivity index (χ4n) is 3.71. The third kappa shape index (κ3) is 2.67. The van der Waals surface area contributed by atoms with Gasteiger partial charge in [0.1, 0.15) is 5.65 Å². The average molecular weight is 326 g/mol. The molecule has 5 heteroatoms. The minimum atomic E-state index is 0.646. The van der Waals surface area contributed by atoms with E-state index in [0.29, 0.717) is 5.92 Å². The van der Waals surface area contributed by atoms with E-state index in [1.165, 1.54) is 36.6 Å². The summed E-state index contributed by atoms with van der Waals surface area (Å²) in [6.45, 7) is 2.36. The van der Waals surface area contributed by atoms with Crippen LogP contribution >= 0.6 is 12.8 Å². The summed E-state index contributed by atoms with van der Waals surface area (Å²) in [5.41, 5.74) is 4.55. The van der Waals surface area contributed by atoms with E-state index >= 15 is 0 Å². The Morgan fingerprint density at radius 3 is 2.61 bits per heavy atom. The number of aryl methyl sites for hydroxylation is 1. The molecular weight excluding hydrogens is 304 g/mol. The molecule has 3 aromatic heterocycles. The van der Waals surface area contributed by atoms with Gasteiger partial charge in [-0.3, -0.25) is 8.65 Å². The van der Waals surface area contributed by atoms with Crippen molar-refractivity contribution in [2.45, 2.75) is 38.5 Å². The summed E-state index contributed by atoms with van der Waals surface area (Å²) in [4.78, 5) is 4.69. The largest absolute Gasteiger partial charge is 0.277 e. The van der Waals surface area contributed by atoms with Gasteiger partial charge in [-0.25, -0.2) is 4.98 Å². The van der Waals surface area contributed by atoms with Crippen LogP contribution in [0, 0.1) is 5.92 Å². The minimum Gasteiger partial charge on any atom is -0.277 e. The molecule has 1 fully saturated rings. The lowest BCUT2D eigenvalue weighted by Gasteiger charge is -2.26. The van der Waals surface area contributed by atoms with E-state index in [1.54, 1.807) is 0 Å². The molecule has 0 radical (unpaired) electrons.